The number of anilines is 1. The lowest BCUT2D eigenvalue weighted by atomic mass is 9.91. The van der Waals surface area contributed by atoms with E-state index in [0.29, 0.717) is 17.4 Å². The minimum atomic E-state index is -0.0371. The van der Waals surface area contributed by atoms with E-state index in [1.807, 2.05) is 38.4 Å². The molecule has 0 aromatic carbocycles. The van der Waals surface area contributed by atoms with Crippen LogP contribution in [0.25, 0.3) is 11.3 Å². The molecule has 1 saturated heterocycles. The van der Waals surface area contributed by atoms with Crippen LogP contribution in [0.1, 0.15) is 41.7 Å². The summed E-state index contributed by atoms with van der Waals surface area (Å²) in [5.74, 6) is 1.59. The number of likely N-dealkylation sites (tertiary alicyclic amines) is 1. The van der Waals surface area contributed by atoms with Gasteiger partial charge in [-0.25, -0.2) is 15.0 Å². The molecule has 29 heavy (non-hydrogen) atoms. The molecule has 0 bridgehead atoms. The van der Waals surface area contributed by atoms with Crippen LogP contribution < -0.4 is 5.32 Å². The second-order valence-electron chi connectivity index (χ2n) is 7.47. The van der Waals surface area contributed by atoms with Gasteiger partial charge in [-0.3, -0.25) is 9.69 Å². The lowest BCUT2D eigenvalue weighted by Crippen LogP contribution is -2.40. The molecule has 1 aliphatic heterocycles. The maximum Gasteiger partial charge on any atom is 0.240 e. The average molecular weight is 413 g/mol. The molecule has 1 aliphatic rings. The van der Waals surface area contributed by atoms with Crippen molar-refractivity contribution in [2.45, 2.75) is 39.5 Å². The van der Waals surface area contributed by atoms with Gasteiger partial charge in [0.15, 0.2) is 10.9 Å². The molecular weight excluding hydrogens is 388 g/mol. The maximum atomic E-state index is 12.4. The van der Waals surface area contributed by atoms with Crippen molar-refractivity contribution >= 4 is 22.4 Å². The molecule has 0 spiro atoms. The standard InChI is InChI=1S/C20H24N6O2S/c1-12-7-17(28-25-12)16-8-21-14(3)23-19(16)15-5-4-6-26(9-15)10-18(27)24-20-22-13(2)11-29-20/h7-8,11,15H,4-6,9-10H2,1-3H3,(H,22,24,27)/t15-/m0/s1. The van der Waals surface area contributed by atoms with E-state index in [0.717, 1.165) is 54.4 Å². The SMILES string of the molecule is Cc1cc(-c2cnc(C)nc2[C@H]2CCCN(CC(=O)Nc3nc(C)cs3)C2)on1. The summed E-state index contributed by atoms with van der Waals surface area (Å²) in [5.41, 5.74) is 3.59. The summed E-state index contributed by atoms with van der Waals surface area (Å²) >= 11 is 1.45. The quantitative estimate of drug-likeness (QED) is 0.686. The number of thiazole rings is 1. The van der Waals surface area contributed by atoms with Crippen molar-refractivity contribution in [3.63, 3.8) is 0 Å². The maximum absolute atomic E-state index is 12.4. The van der Waals surface area contributed by atoms with Crippen LogP contribution in [0.15, 0.2) is 22.2 Å². The monoisotopic (exact) mass is 412 g/mol. The lowest BCUT2D eigenvalue weighted by molar-refractivity contribution is -0.117. The highest BCUT2D eigenvalue weighted by molar-refractivity contribution is 7.13. The molecule has 9 heteroatoms. The van der Waals surface area contributed by atoms with E-state index < -0.39 is 0 Å². The van der Waals surface area contributed by atoms with Gasteiger partial charge in [-0.2, -0.15) is 0 Å². The van der Waals surface area contributed by atoms with Crippen molar-refractivity contribution in [1.82, 2.24) is 25.0 Å². The van der Waals surface area contributed by atoms with Gasteiger partial charge in [-0.05, 0) is 40.2 Å². The summed E-state index contributed by atoms with van der Waals surface area (Å²) in [6.07, 6.45) is 3.83. The number of aromatic nitrogens is 4. The molecule has 1 N–H and O–H groups in total. The number of hydrogen-bond acceptors (Lipinski definition) is 8. The Morgan fingerprint density at radius 1 is 1.31 bits per heavy atom. The van der Waals surface area contributed by atoms with Crippen molar-refractivity contribution in [3.05, 3.63) is 40.5 Å². The third-order valence-electron chi connectivity index (χ3n) is 4.96. The van der Waals surface area contributed by atoms with Gasteiger partial charge >= 0.3 is 0 Å². The van der Waals surface area contributed by atoms with E-state index in [1.54, 1.807) is 0 Å². The Bertz CT molecular complexity index is 1010. The highest BCUT2D eigenvalue weighted by atomic mass is 32.1. The lowest BCUT2D eigenvalue weighted by Gasteiger charge is -2.32. The Kier molecular flexibility index (Phi) is 5.68. The number of hydrogen-bond donors (Lipinski definition) is 1. The molecule has 1 fully saturated rings. The van der Waals surface area contributed by atoms with Gasteiger partial charge in [0.25, 0.3) is 0 Å². The zero-order valence-corrected chi connectivity index (χ0v) is 17.6. The first-order valence-corrected chi connectivity index (χ1v) is 10.6. The minimum absolute atomic E-state index is 0.0371. The first-order valence-electron chi connectivity index (χ1n) is 9.69. The molecular formula is C20H24N6O2S. The van der Waals surface area contributed by atoms with Crippen LogP contribution in [-0.2, 0) is 4.79 Å². The minimum Gasteiger partial charge on any atom is -0.356 e. The predicted molar refractivity (Wildman–Crippen MR) is 111 cm³/mol. The van der Waals surface area contributed by atoms with Crippen LogP contribution in [-0.4, -0.2) is 50.5 Å². The number of amides is 1. The molecule has 1 atom stereocenters. The smallest absolute Gasteiger partial charge is 0.240 e. The van der Waals surface area contributed by atoms with Crippen molar-refractivity contribution in [2.75, 3.05) is 25.0 Å². The summed E-state index contributed by atoms with van der Waals surface area (Å²) in [7, 11) is 0. The van der Waals surface area contributed by atoms with Gasteiger partial charge in [0.2, 0.25) is 5.91 Å². The van der Waals surface area contributed by atoms with Crippen molar-refractivity contribution in [3.8, 4) is 11.3 Å². The molecule has 3 aromatic heterocycles. The van der Waals surface area contributed by atoms with Crippen molar-refractivity contribution in [1.29, 1.82) is 0 Å². The Balaban J connectivity index is 1.48. The second kappa shape index (κ2) is 8.38. The van der Waals surface area contributed by atoms with E-state index in [9.17, 15) is 4.79 Å². The van der Waals surface area contributed by atoms with Crippen LogP contribution >= 0.6 is 11.3 Å². The van der Waals surface area contributed by atoms with Crippen LogP contribution in [0.2, 0.25) is 0 Å². The summed E-state index contributed by atoms with van der Waals surface area (Å²) in [6, 6.07) is 1.90. The molecule has 0 radical (unpaired) electrons. The van der Waals surface area contributed by atoms with Crippen LogP contribution in [0.4, 0.5) is 5.13 Å². The fraction of sp³-hybridized carbons (Fsp3) is 0.450. The van der Waals surface area contributed by atoms with Crippen molar-refractivity contribution in [2.24, 2.45) is 0 Å². The van der Waals surface area contributed by atoms with Gasteiger partial charge in [0.1, 0.15) is 5.82 Å². The van der Waals surface area contributed by atoms with E-state index in [-0.39, 0.29) is 11.8 Å². The molecule has 152 valence electrons. The van der Waals surface area contributed by atoms with E-state index in [4.69, 9.17) is 9.51 Å². The molecule has 0 saturated carbocycles. The van der Waals surface area contributed by atoms with Gasteiger partial charge in [-0.15, -0.1) is 11.3 Å². The number of rotatable bonds is 5. The van der Waals surface area contributed by atoms with Gasteiger partial charge < -0.3 is 9.84 Å². The zero-order valence-electron chi connectivity index (χ0n) is 16.8. The number of aryl methyl sites for hydroxylation is 3. The first-order chi connectivity index (χ1) is 14.0. The summed E-state index contributed by atoms with van der Waals surface area (Å²) in [4.78, 5) is 28.0. The largest absolute Gasteiger partial charge is 0.356 e. The van der Waals surface area contributed by atoms with E-state index in [2.05, 4.69) is 25.3 Å². The zero-order chi connectivity index (χ0) is 20.4. The Morgan fingerprint density at radius 2 is 2.17 bits per heavy atom. The molecule has 4 rings (SSSR count). The number of nitrogens with zero attached hydrogens (tertiary/aromatic N) is 5. The summed E-state index contributed by atoms with van der Waals surface area (Å²) in [5, 5.41) is 9.47. The summed E-state index contributed by atoms with van der Waals surface area (Å²) in [6.45, 7) is 7.70. The first kappa shape index (κ1) is 19.7. The fourth-order valence-corrected chi connectivity index (χ4v) is 4.38. The van der Waals surface area contributed by atoms with Crippen molar-refractivity contribution < 1.29 is 9.32 Å². The fourth-order valence-electron chi connectivity index (χ4n) is 3.67. The third kappa shape index (κ3) is 4.68. The Labute approximate surface area is 173 Å². The molecule has 0 aliphatic carbocycles. The number of nitrogens with one attached hydrogen (secondary N) is 1. The van der Waals surface area contributed by atoms with E-state index in [1.165, 1.54) is 11.3 Å². The topological polar surface area (TPSA) is 97.0 Å². The van der Waals surface area contributed by atoms with E-state index >= 15 is 0 Å². The normalized spacial score (nSPS) is 17.4. The molecule has 0 unspecified atom stereocenters. The third-order valence-corrected chi connectivity index (χ3v) is 5.83. The molecule has 8 nitrogen and oxygen atoms in total. The molecule has 1 amide bonds. The molecule has 3 aromatic rings. The predicted octanol–water partition coefficient (Wildman–Crippen LogP) is 3.33. The Morgan fingerprint density at radius 3 is 2.90 bits per heavy atom. The highest BCUT2D eigenvalue weighted by Gasteiger charge is 2.27. The van der Waals surface area contributed by atoms with Gasteiger partial charge in [-0.1, -0.05) is 5.16 Å². The number of carbonyl (C=O) groups excluding carboxylic acids is 1. The second-order valence-corrected chi connectivity index (χ2v) is 8.32. The highest BCUT2D eigenvalue weighted by Crippen LogP contribution is 2.33. The van der Waals surface area contributed by atoms with Crippen LogP contribution in [0.5, 0.6) is 0 Å². The number of piperidine rings is 1. The van der Waals surface area contributed by atoms with Gasteiger partial charge in [0.05, 0.1) is 29.2 Å². The molecule has 4 heterocycles. The summed E-state index contributed by atoms with van der Waals surface area (Å²) < 4.78 is 5.47. The average Bonchev–Trinajstić information content (AvgIpc) is 3.30. The number of carbonyl (C=O) groups is 1. The van der Waals surface area contributed by atoms with Gasteiger partial charge in [0, 0.05) is 30.1 Å². The van der Waals surface area contributed by atoms with Crippen LogP contribution in [0, 0.1) is 20.8 Å². The van der Waals surface area contributed by atoms with Crippen LogP contribution in [0.3, 0.4) is 0 Å². The Hall–Kier alpha value is -2.65.